The third kappa shape index (κ3) is 4.56. The Balaban J connectivity index is 0.00000144. The number of halogens is 3. The predicted octanol–water partition coefficient (Wildman–Crippen LogP) is 3.43. The third-order valence-corrected chi connectivity index (χ3v) is 4.09. The fourth-order valence-electron chi connectivity index (χ4n) is 2.44. The van der Waals surface area contributed by atoms with E-state index in [4.69, 9.17) is 0 Å². The molecule has 1 unspecified atom stereocenters. The number of amides is 1. The number of nitrogens with zero attached hydrogens (tertiary/aromatic N) is 1. The van der Waals surface area contributed by atoms with Gasteiger partial charge >= 0.3 is 0 Å². The van der Waals surface area contributed by atoms with Crippen LogP contribution in [0.25, 0.3) is 10.9 Å². The van der Waals surface area contributed by atoms with Crippen LogP contribution in [0.4, 0.5) is 4.39 Å². The van der Waals surface area contributed by atoms with E-state index in [9.17, 15) is 9.18 Å². The van der Waals surface area contributed by atoms with Gasteiger partial charge in [-0.2, -0.15) is 0 Å². The van der Waals surface area contributed by atoms with Gasteiger partial charge in [0.2, 0.25) is 0 Å². The van der Waals surface area contributed by atoms with Gasteiger partial charge in [0.1, 0.15) is 5.82 Å². The molecule has 0 aliphatic heterocycles. The lowest BCUT2D eigenvalue weighted by Gasteiger charge is -2.13. The van der Waals surface area contributed by atoms with Crippen molar-refractivity contribution in [3.05, 3.63) is 41.3 Å². The fraction of sp³-hybridized carbons (Fsp3) is 0.412. The number of hydrogen-bond donors (Lipinski definition) is 2. The van der Waals surface area contributed by atoms with E-state index in [0.29, 0.717) is 28.9 Å². The van der Waals surface area contributed by atoms with Crippen molar-refractivity contribution < 1.29 is 9.18 Å². The minimum atomic E-state index is -0.355. The maximum Gasteiger partial charge on any atom is 0.252 e. The van der Waals surface area contributed by atoms with Crippen molar-refractivity contribution in [3.8, 4) is 0 Å². The zero-order valence-electron chi connectivity index (χ0n) is 13.6. The van der Waals surface area contributed by atoms with Gasteiger partial charge in [-0.1, -0.05) is 0 Å². The van der Waals surface area contributed by atoms with Crippen LogP contribution < -0.4 is 10.6 Å². The number of carbonyl (C=O) groups excluding carboxylic acids is 1. The first-order valence-corrected chi connectivity index (χ1v) is 7.64. The van der Waals surface area contributed by atoms with Crippen molar-refractivity contribution in [2.45, 2.75) is 31.7 Å². The molecule has 0 radical (unpaired) electrons. The number of fused-ring (bicyclic) bond motifs is 1. The number of pyridine rings is 1. The summed E-state index contributed by atoms with van der Waals surface area (Å²) in [5, 5.41) is 6.54. The number of benzene rings is 1. The molecule has 24 heavy (non-hydrogen) atoms. The second-order valence-electron chi connectivity index (χ2n) is 5.93. The summed E-state index contributed by atoms with van der Waals surface area (Å²) >= 11 is 0. The molecule has 1 amide bonds. The highest BCUT2D eigenvalue weighted by Gasteiger charge is 2.27. The summed E-state index contributed by atoms with van der Waals surface area (Å²) in [5.74, 6) is -0.0923. The predicted molar refractivity (Wildman–Crippen MR) is 99.0 cm³/mol. The normalized spacial score (nSPS) is 14.5. The van der Waals surface area contributed by atoms with E-state index in [1.807, 2.05) is 20.0 Å². The van der Waals surface area contributed by atoms with E-state index in [-0.39, 0.29) is 42.6 Å². The summed E-state index contributed by atoms with van der Waals surface area (Å²) in [4.78, 5) is 17.1. The molecule has 1 heterocycles. The quantitative estimate of drug-likeness (QED) is 0.843. The molecule has 1 aliphatic carbocycles. The Morgan fingerprint density at radius 2 is 2.04 bits per heavy atom. The molecular weight excluding hydrogens is 352 g/mol. The Morgan fingerprint density at radius 3 is 2.67 bits per heavy atom. The molecule has 132 valence electrons. The highest BCUT2D eigenvalue weighted by Crippen LogP contribution is 2.40. The van der Waals surface area contributed by atoms with E-state index in [2.05, 4.69) is 15.6 Å². The van der Waals surface area contributed by atoms with Crippen molar-refractivity contribution in [1.82, 2.24) is 15.6 Å². The first kappa shape index (κ1) is 20.6. The summed E-state index contributed by atoms with van der Waals surface area (Å²) in [7, 11) is 1.85. The lowest BCUT2D eigenvalue weighted by molar-refractivity contribution is 0.0952. The molecule has 3 rings (SSSR count). The average Bonchev–Trinajstić information content (AvgIpc) is 3.36. The van der Waals surface area contributed by atoms with Crippen molar-refractivity contribution in [2.24, 2.45) is 0 Å². The van der Waals surface area contributed by atoms with Gasteiger partial charge in [0.25, 0.3) is 5.91 Å². The maximum atomic E-state index is 13.6. The number of aromatic nitrogens is 1. The Bertz CT molecular complexity index is 722. The lowest BCUT2D eigenvalue weighted by Crippen LogP contribution is -2.37. The molecule has 1 aromatic heterocycles. The first-order chi connectivity index (χ1) is 10.6. The molecule has 0 saturated heterocycles. The van der Waals surface area contributed by atoms with Gasteiger partial charge in [0.05, 0.1) is 11.1 Å². The van der Waals surface area contributed by atoms with Crippen molar-refractivity contribution in [1.29, 1.82) is 0 Å². The Labute approximate surface area is 153 Å². The minimum absolute atomic E-state index is 0. The van der Waals surface area contributed by atoms with Gasteiger partial charge in [0.15, 0.2) is 0 Å². The van der Waals surface area contributed by atoms with Gasteiger partial charge in [-0.15, -0.1) is 24.8 Å². The van der Waals surface area contributed by atoms with Gasteiger partial charge in [0, 0.05) is 29.6 Å². The number of rotatable bonds is 5. The maximum absolute atomic E-state index is 13.6. The first-order valence-electron chi connectivity index (χ1n) is 7.64. The molecule has 1 saturated carbocycles. The lowest BCUT2D eigenvalue weighted by atomic mass is 10.0. The summed E-state index contributed by atoms with van der Waals surface area (Å²) in [6, 6.07) is 6.41. The van der Waals surface area contributed by atoms with Crippen LogP contribution in [0.5, 0.6) is 0 Å². The van der Waals surface area contributed by atoms with E-state index in [0.717, 1.165) is 18.5 Å². The summed E-state index contributed by atoms with van der Waals surface area (Å²) in [6.07, 6.45) is 2.22. The molecule has 4 nitrogen and oxygen atoms in total. The second-order valence-corrected chi connectivity index (χ2v) is 5.93. The molecule has 7 heteroatoms. The average molecular weight is 374 g/mol. The van der Waals surface area contributed by atoms with Crippen LogP contribution in [0.2, 0.25) is 0 Å². The number of nitrogens with one attached hydrogen (secondary N) is 2. The van der Waals surface area contributed by atoms with Crippen LogP contribution in [-0.2, 0) is 0 Å². The molecular formula is C17H22Cl2FN3O. The van der Waals surface area contributed by atoms with E-state index < -0.39 is 0 Å². The van der Waals surface area contributed by atoms with Crippen molar-refractivity contribution >= 4 is 41.6 Å². The number of hydrogen-bond acceptors (Lipinski definition) is 3. The molecule has 1 atom stereocenters. The van der Waals surface area contributed by atoms with Crippen LogP contribution >= 0.6 is 24.8 Å². The highest BCUT2D eigenvalue weighted by atomic mass is 35.5. The largest absolute Gasteiger partial charge is 0.350 e. The Kier molecular flexibility index (Phi) is 7.39. The second kappa shape index (κ2) is 8.60. The molecule has 0 bridgehead atoms. The van der Waals surface area contributed by atoms with Gasteiger partial charge in [-0.3, -0.25) is 9.78 Å². The Morgan fingerprint density at radius 1 is 1.33 bits per heavy atom. The topological polar surface area (TPSA) is 54.0 Å². The molecule has 2 aromatic rings. The smallest absolute Gasteiger partial charge is 0.252 e. The van der Waals surface area contributed by atoms with E-state index in [1.165, 1.54) is 12.1 Å². The standard InChI is InChI=1S/C17H20FN3O.2ClH/c1-10(19-2)9-20-17(22)14-8-16(11-3-4-11)21-15-6-5-12(18)7-13(14)15;;/h5-8,10-11,19H,3-4,9H2,1-2H3,(H,20,22);2*1H. The number of likely N-dealkylation sites (N-methyl/N-ethyl adjacent to an activating group) is 1. The highest BCUT2D eigenvalue weighted by molar-refractivity contribution is 6.06. The van der Waals surface area contributed by atoms with Gasteiger partial charge < -0.3 is 10.6 Å². The molecule has 1 fully saturated rings. The van der Waals surface area contributed by atoms with E-state index in [1.54, 1.807) is 6.07 Å². The van der Waals surface area contributed by atoms with Gasteiger partial charge in [-0.05, 0) is 51.1 Å². The van der Waals surface area contributed by atoms with Crippen LogP contribution in [0.15, 0.2) is 24.3 Å². The van der Waals surface area contributed by atoms with Crippen LogP contribution in [0.1, 0.15) is 41.7 Å². The number of carbonyl (C=O) groups is 1. The monoisotopic (exact) mass is 373 g/mol. The zero-order valence-corrected chi connectivity index (χ0v) is 15.3. The van der Waals surface area contributed by atoms with Crippen molar-refractivity contribution in [3.63, 3.8) is 0 Å². The zero-order chi connectivity index (χ0) is 15.7. The van der Waals surface area contributed by atoms with Crippen LogP contribution in [-0.4, -0.2) is 30.5 Å². The van der Waals surface area contributed by atoms with Crippen LogP contribution in [0, 0.1) is 5.82 Å². The Hall–Kier alpha value is -1.43. The molecule has 0 spiro atoms. The van der Waals surface area contributed by atoms with Crippen LogP contribution in [0.3, 0.4) is 0 Å². The molecule has 1 aromatic carbocycles. The SMILES string of the molecule is CNC(C)CNC(=O)c1cc(C2CC2)nc2ccc(F)cc12.Cl.Cl. The van der Waals surface area contributed by atoms with Gasteiger partial charge in [-0.25, -0.2) is 4.39 Å². The molecule has 1 aliphatic rings. The van der Waals surface area contributed by atoms with Crippen molar-refractivity contribution in [2.75, 3.05) is 13.6 Å². The molecule has 2 N–H and O–H groups in total. The minimum Gasteiger partial charge on any atom is -0.350 e. The van der Waals surface area contributed by atoms with E-state index >= 15 is 0 Å². The fourth-order valence-corrected chi connectivity index (χ4v) is 2.44. The summed E-state index contributed by atoms with van der Waals surface area (Å²) in [6.45, 7) is 2.51. The summed E-state index contributed by atoms with van der Waals surface area (Å²) in [5.41, 5.74) is 2.12. The third-order valence-electron chi connectivity index (χ3n) is 4.09. The summed E-state index contributed by atoms with van der Waals surface area (Å²) < 4.78 is 13.6.